The fourth-order valence-electron chi connectivity index (χ4n) is 1.29. The van der Waals surface area contributed by atoms with Gasteiger partial charge >= 0.3 is 5.69 Å². The van der Waals surface area contributed by atoms with E-state index in [4.69, 9.17) is 0 Å². The lowest BCUT2D eigenvalue weighted by molar-refractivity contribution is -0.385. The first-order valence-electron chi connectivity index (χ1n) is 5.57. The van der Waals surface area contributed by atoms with Gasteiger partial charge in [0.2, 0.25) is 0 Å². The molecule has 0 aliphatic rings. The number of amides is 1. The summed E-state index contributed by atoms with van der Waals surface area (Å²) in [6.45, 7) is 4.45. The van der Waals surface area contributed by atoms with Crippen LogP contribution in [0.1, 0.15) is 24.2 Å². The summed E-state index contributed by atoms with van der Waals surface area (Å²) in [5, 5.41) is 22.7. The van der Waals surface area contributed by atoms with Gasteiger partial charge in [0.05, 0.1) is 4.92 Å². The molecule has 2 N–H and O–H groups in total. The van der Waals surface area contributed by atoms with Crippen molar-refractivity contribution in [3.63, 3.8) is 0 Å². The van der Waals surface area contributed by atoms with Gasteiger partial charge in [0, 0.05) is 22.9 Å². The van der Waals surface area contributed by atoms with Gasteiger partial charge < -0.3 is 10.4 Å². The largest absolute Gasteiger partial charge is 0.502 e. The second kappa shape index (κ2) is 5.92. The smallest absolute Gasteiger partial charge is 0.310 e. The molecule has 6 nitrogen and oxygen atoms in total. The van der Waals surface area contributed by atoms with Gasteiger partial charge in [-0.25, -0.2) is 0 Å². The van der Waals surface area contributed by atoms with Crippen LogP contribution >= 0.6 is 11.8 Å². The third-order valence-electron chi connectivity index (χ3n) is 2.66. The number of carbonyl (C=O) groups excluding carboxylic acids is 1. The number of nitro groups is 1. The van der Waals surface area contributed by atoms with E-state index in [1.54, 1.807) is 11.8 Å². The van der Waals surface area contributed by atoms with E-state index in [1.807, 2.05) is 20.1 Å². The average Bonchev–Trinajstić information content (AvgIpc) is 2.35. The van der Waals surface area contributed by atoms with Crippen LogP contribution in [0, 0.1) is 10.1 Å². The normalized spacial score (nSPS) is 11.1. The van der Waals surface area contributed by atoms with E-state index < -0.39 is 16.4 Å². The summed E-state index contributed by atoms with van der Waals surface area (Å²) in [4.78, 5) is 21.7. The van der Waals surface area contributed by atoms with Crippen molar-refractivity contribution in [1.29, 1.82) is 0 Å². The third kappa shape index (κ3) is 4.13. The molecule has 0 atom stereocenters. The molecule has 1 rings (SSSR count). The number of nitrogens with zero attached hydrogens (tertiary/aromatic N) is 1. The van der Waals surface area contributed by atoms with Gasteiger partial charge in [0.15, 0.2) is 5.75 Å². The highest BCUT2D eigenvalue weighted by Crippen LogP contribution is 2.26. The summed E-state index contributed by atoms with van der Waals surface area (Å²) < 4.78 is -0.0987. The first-order valence-corrected chi connectivity index (χ1v) is 6.80. The van der Waals surface area contributed by atoms with Crippen LogP contribution in [-0.4, -0.2) is 33.5 Å². The Bertz CT molecular complexity index is 503. The number of nitrogens with one attached hydrogen (secondary N) is 1. The maximum absolute atomic E-state index is 11.8. The van der Waals surface area contributed by atoms with Crippen LogP contribution in [0.3, 0.4) is 0 Å². The van der Waals surface area contributed by atoms with Crippen molar-refractivity contribution < 1.29 is 14.8 Å². The molecule has 0 saturated heterocycles. The first kappa shape index (κ1) is 15.3. The Morgan fingerprint density at radius 2 is 2.16 bits per heavy atom. The fourth-order valence-corrected chi connectivity index (χ4v) is 1.50. The van der Waals surface area contributed by atoms with E-state index in [1.165, 1.54) is 6.07 Å². The third-order valence-corrected chi connectivity index (χ3v) is 3.91. The number of hydrogen-bond acceptors (Lipinski definition) is 5. The first-order chi connectivity index (χ1) is 8.76. The fraction of sp³-hybridized carbons (Fsp3) is 0.417. The van der Waals surface area contributed by atoms with Gasteiger partial charge in [-0.15, -0.1) is 0 Å². The van der Waals surface area contributed by atoms with Crippen LogP contribution in [0.2, 0.25) is 0 Å². The van der Waals surface area contributed by atoms with E-state index in [-0.39, 0.29) is 16.2 Å². The average molecular weight is 284 g/mol. The minimum atomic E-state index is -0.701. The molecule has 0 aromatic heterocycles. The molecule has 19 heavy (non-hydrogen) atoms. The predicted octanol–water partition coefficient (Wildman–Crippen LogP) is 2.17. The maximum atomic E-state index is 11.8. The lowest BCUT2D eigenvalue weighted by atomic mass is 10.1. The van der Waals surface area contributed by atoms with Crippen LogP contribution in [0.5, 0.6) is 5.75 Å². The second-order valence-corrected chi connectivity index (χ2v) is 6.12. The number of phenolic OH excluding ortho intramolecular Hbond substituents is 1. The summed E-state index contributed by atoms with van der Waals surface area (Å²) in [6.07, 6.45) is 1.95. The van der Waals surface area contributed by atoms with Gasteiger partial charge in [-0.1, -0.05) is 0 Å². The molecule has 104 valence electrons. The summed E-state index contributed by atoms with van der Waals surface area (Å²) >= 11 is 1.62. The van der Waals surface area contributed by atoms with Crippen molar-refractivity contribution in [1.82, 2.24) is 5.32 Å². The minimum absolute atomic E-state index is 0.0987. The molecule has 0 heterocycles. The molecule has 0 radical (unpaired) electrons. The van der Waals surface area contributed by atoms with Crippen LogP contribution in [0.15, 0.2) is 18.2 Å². The number of thioether (sulfide) groups is 1. The number of aromatic hydroxyl groups is 1. The van der Waals surface area contributed by atoms with Crippen molar-refractivity contribution in [2.75, 3.05) is 12.8 Å². The Kier molecular flexibility index (Phi) is 4.77. The lowest BCUT2D eigenvalue weighted by Gasteiger charge is -2.22. The van der Waals surface area contributed by atoms with Crippen molar-refractivity contribution in [3.8, 4) is 5.75 Å². The number of hydrogen-bond donors (Lipinski definition) is 2. The molecule has 0 fully saturated rings. The molecular formula is C12H16N2O4S. The quantitative estimate of drug-likeness (QED) is 0.638. The molecule has 0 aliphatic carbocycles. The molecule has 7 heteroatoms. The highest BCUT2D eigenvalue weighted by Gasteiger charge is 2.19. The molecule has 0 unspecified atom stereocenters. The minimum Gasteiger partial charge on any atom is -0.502 e. The second-order valence-electron chi connectivity index (χ2n) is 4.61. The van der Waals surface area contributed by atoms with E-state index in [0.29, 0.717) is 6.54 Å². The standard InChI is InChI=1S/C12H16N2O4S/c1-12(2,19-3)7-13-11(16)8-4-5-9(14(17)18)10(15)6-8/h4-6,15H,7H2,1-3H3,(H,13,16). The number of phenols is 1. The number of nitro benzene ring substituents is 1. The van der Waals surface area contributed by atoms with Gasteiger partial charge in [0.1, 0.15) is 0 Å². The molecule has 0 saturated carbocycles. The van der Waals surface area contributed by atoms with Crippen molar-refractivity contribution in [2.45, 2.75) is 18.6 Å². The molecule has 0 spiro atoms. The zero-order valence-electron chi connectivity index (χ0n) is 11.0. The maximum Gasteiger partial charge on any atom is 0.310 e. The summed E-state index contributed by atoms with van der Waals surface area (Å²) in [5.74, 6) is -0.880. The Morgan fingerprint density at radius 1 is 1.53 bits per heavy atom. The zero-order valence-corrected chi connectivity index (χ0v) is 11.8. The van der Waals surface area contributed by atoms with Crippen LogP contribution in [0.4, 0.5) is 5.69 Å². The Balaban J connectivity index is 2.79. The number of benzene rings is 1. The number of carbonyl (C=O) groups is 1. The van der Waals surface area contributed by atoms with Gasteiger partial charge in [-0.05, 0) is 32.2 Å². The van der Waals surface area contributed by atoms with Crippen molar-refractivity contribution in [3.05, 3.63) is 33.9 Å². The van der Waals surface area contributed by atoms with Crippen LogP contribution < -0.4 is 5.32 Å². The van der Waals surface area contributed by atoms with Crippen molar-refractivity contribution >= 4 is 23.4 Å². The Hall–Kier alpha value is -1.76. The zero-order chi connectivity index (χ0) is 14.6. The molecule has 1 aromatic carbocycles. The predicted molar refractivity (Wildman–Crippen MR) is 74.7 cm³/mol. The summed E-state index contributed by atoms with van der Waals surface area (Å²) in [6, 6.07) is 3.53. The number of rotatable bonds is 5. The lowest BCUT2D eigenvalue weighted by Crippen LogP contribution is -2.36. The molecule has 0 aliphatic heterocycles. The monoisotopic (exact) mass is 284 g/mol. The van der Waals surface area contributed by atoms with Gasteiger partial charge in [0.25, 0.3) is 5.91 Å². The molecule has 0 bridgehead atoms. The topological polar surface area (TPSA) is 92.5 Å². The van der Waals surface area contributed by atoms with E-state index in [9.17, 15) is 20.0 Å². The Morgan fingerprint density at radius 3 is 2.63 bits per heavy atom. The highest BCUT2D eigenvalue weighted by atomic mass is 32.2. The van der Waals surface area contributed by atoms with Crippen LogP contribution in [-0.2, 0) is 0 Å². The van der Waals surface area contributed by atoms with E-state index >= 15 is 0 Å². The molecule has 1 aromatic rings. The van der Waals surface area contributed by atoms with Crippen molar-refractivity contribution in [2.24, 2.45) is 0 Å². The highest BCUT2D eigenvalue weighted by molar-refractivity contribution is 7.99. The van der Waals surface area contributed by atoms with Gasteiger partial charge in [-0.2, -0.15) is 11.8 Å². The molecule has 1 amide bonds. The summed E-state index contributed by atoms with van der Waals surface area (Å²) in [7, 11) is 0. The van der Waals surface area contributed by atoms with Crippen LogP contribution in [0.25, 0.3) is 0 Å². The van der Waals surface area contributed by atoms with Gasteiger partial charge in [-0.3, -0.25) is 14.9 Å². The van der Waals surface area contributed by atoms with E-state index in [0.717, 1.165) is 12.1 Å². The summed E-state index contributed by atoms with van der Waals surface area (Å²) in [5.41, 5.74) is -0.221. The van der Waals surface area contributed by atoms with E-state index in [2.05, 4.69) is 5.32 Å². The molecular weight excluding hydrogens is 268 g/mol. The SMILES string of the molecule is CSC(C)(C)CNC(=O)c1ccc([N+](=O)[O-])c(O)c1. The Labute approximate surface area is 115 Å².